The van der Waals surface area contributed by atoms with Crippen LogP contribution in [0, 0.1) is 0 Å². The van der Waals surface area contributed by atoms with Crippen LogP contribution in [0.3, 0.4) is 0 Å². The SMILES string of the molecule is CCCn1c(CN2CCC(c3c(Cl)cccc3Cl)CC2)cc2ccccc21. The van der Waals surface area contributed by atoms with Gasteiger partial charge in [0.25, 0.3) is 0 Å². The van der Waals surface area contributed by atoms with Crippen LogP contribution in [0.15, 0.2) is 48.5 Å². The van der Waals surface area contributed by atoms with Gasteiger partial charge in [-0.1, -0.05) is 54.4 Å². The van der Waals surface area contributed by atoms with Gasteiger partial charge >= 0.3 is 0 Å². The van der Waals surface area contributed by atoms with E-state index in [0.29, 0.717) is 5.92 Å². The van der Waals surface area contributed by atoms with Gasteiger partial charge in [-0.3, -0.25) is 4.90 Å². The average Bonchev–Trinajstić information content (AvgIpc) is 3.01. The zero-order valence-corrected chi connectivity index (χ0v) is 17.3. The Hall–Kier alpha value is -1.48. The van der Waals surface area contributed by atoms with Crippen LogP contribution in [0.25, 0.3) is 10.9 Å². The molecule has 1 aliphatic rings. The summed E-state index contributed by atoms with van der Waals surface area (Å²) in [4.78, 5) is 2.57. The lowest BCUT2D eigenvalue weighted by atomic mass is 9.89. The third-order valence-corrected chi connectivity index (χ3v) is 6.38. The van der Waals surface area contributed by atoms with Crippen LogP contribution < -0.4 is 0 Å². The predicted octanol–water partition coefficient (Wildman–Crippen LogP) is 6.74. The van der Waals surface area contributed by atoms with Gasteiger partial charge in [0, 0.05) is 34.3 Å². The number of likely N-dealkylation sites (tertiary alicyclic amines) is 1. The monoisotopic (exact) mass is 400 g/mol. The van der Waals surface area contributed by atoms with E-state index in [1.54, 1.807) is 0 Å². The number of piperidine rings is 1. The molecule has 2 heterocycles. The molecule has 0 N–H and O–H groups in total. The number of hydrogen-bond acceptors (Lipinski definition) is 1. The van der Waals surface area contributed by atoms with Crippen LogP contribution in [0.2, 0.25) is 10.0 Å². The van der Waals surface area contributed by atoms with Crippen molar-refractivity contribution in [3.63, 3.8) is 0 Å². The van der Waals surface area contributed by atoms with E-state index in [1.807, 2.05) is 18.2 Å². The van der Waals surface area contributed by atoms with E-state index in [9.17, 15) is 0 Å². The highest BCUT2D eigenvalue weighted by atomic mass is 35.5. The normalized spacial score (nSPS) is 16.3. The van der Waals surface area contributed by atoms with Gasteiger partial charge in [0.05, 0.1) is 0 Å². The maximum Gasteiger partial charge on any atom is 0.0482 e. The van der Waals surface area contributed by atoms with Crippen molar-refractivity contribution in [2.75, 3.05) is 13.1 Å². The molecule has 0 amide bonds. The Morgan fingerprint density at radius 2 is 1.67 bits per heavy atom. The number of fused-ring (bicyclic) bond motifs is 1. The van der Waals surface area contributed by atoms with E-state index in [-0.39, 0.29) is 0 Å². The van der Waals surface area contributed by atoms with E-state index >= 15 is 0 Å². The fourth-order valence-corrected chi connectivity index (χ4v) is 5.10. The van der Waals surface area contributed by atoms with Gasteiger partial charge in [-0.15, -0.1) is 0 Å². The minimum absolute atomic E-state index is 0.462. The fourth-order valence-electron chi connectivity index (χ4n) is 4.40. The molecule has 0 saturated carbocycles. The van der Waals surface area contributed by atoms with Crippen LogP contribution >= 0.6 is 23.2 Å². The molecule has 0 spiro atoms. The van der Waals surface area contributed by atoms with Crippen molar-refractivity contribution in [3.8, 4) is 0 Å². The van der Waals surface area contributed by atoms with E-state index in [1.165, 1.54) is 16.6 Å². The summed E-state index contributed by atoms with van der Waals surface area (Å²) in [5.41, 5.74) is 3.92. The molecule has 1 fully saturated rings. The lowest BCUT2D eigenvalue weighted by Crippen LogP contribution is -2.33. The smallest absolute Gasteiger partial charge is 0.0482 e. The molecule has 0 atom stereocenters. The summed E-state index contributed by atoms with van der Waals surface area (Å²) in [6.45, 7) is 6.50. The highest BCUT2D eigenvalue weighted by Crippen LogP contribution is 2.37. The Morgan fingerprint density at radius 3 is 2.37 bits per heavy atom. The molecule has 2 nitrogen and oxygen atoms in total. The Kier molecular flexibility index (Phi) is 5.77. The first-order valence-corrected chi connectivity index (χ1v) is 10.7. The van der Waals surface area contributed by atoms with E-state index in [4.69, 9.17) is 23.2 Å². The van der Waals surface area contributed by atoms with Crippen molar-refractivity contribution < 1.29 is 0 Å². The van der Waals surface area contributed by atoms with Gasteiger partial charge in [0.2, 0.25) is 0 Å². The quantitative estimate of drug-likeness (QED) is 0.460. The van der Waals surface area contributed by atoms with Crippen molar-refractivity contribution in [2.45, 2.75) is 45.2 Å². The molecule has 4 heteroatoms. The Balaban J connectivity index is 1.48. The van der Waals surface area contributed by atoms with Crippen LogP contribution in [0.5, 0.6) is 0 Å². The molecule has 0 radical (unpaired) electrons. The molecular weight excluding hydrogens is 375 g/mol. The first-order valence-electron chi connectivity index (χ1n) is 9.90. The molecule has 3 aromatic rings. The lowest BCUT2D eigenvalue weighted by molar-refractivity contribution is 0.200. The van der Waals surface area contributed by atoms with Crippen molar-refractivity contribution in [1.29, 1.82) is 0 Å². The molecule has 27 heavy (non-hydrogen) atoms. The first kappa shape index (κ1) is 18.9. The number of rotatable bonds is 5. The minimum Gasteiger partial charge on any atom is -0.343 e. The minimum atomic E-state index is 0.462. The molecular formula is C23H26Cl2N2. The fraction of sp³-hybridized carbons (Fsp3) is 0.391. The van der Waals surface area contributed by atoms with Crippen molar-refractivity contribution >= 4 is 34.1 Å². The average molecular weight is 401 g/mol. The number of hydrogen-bond donors (Lipinski definition) is 0. The van der Waals surface area contributed by atoms with Gasteiger partial charge in [-0.25, -0.2) is 0 Å². The number of aromatic nitrogens is 1. The largest absolute Gasteiger partial charge is 0.343 e. The van der Waals surface area contributed by atoms with Crippen LogP contribution in [0.4, 0.5) is 0 Å². The van der Waals surface area contributed by atoms with E-state index in [2.05, 4.69) is 46.7 Å². The van der Waals surface area contributed by atoms with E-state index in [0.717, 1.165) is 61.1 Å². The van der Waals surface area contributed by atoms with E-state index < -0.39 is 0 Å². The molecule has 0 bridgehead atoms. The van der Waals surface area contributed by atoms with Gasteiger partial charge in [-0.2, -0.15) is 0 Å². The van der Waals surface area contributed by atoms with Gasteiger partial charge in [0.15, 0.2) is 0 Å². The number of benzene rings is 2. The van der Waals surface area contributed by atoms with Gasteiger partial charge < -0.3 is 4.57 Å². The standard InChI is InChI=1S/C23H26Cl2N2/c1-2-12-27-19(15-18-6-3-4-9-22(18)27)16-26-13-10-17(11-14-26)23-20(24)7-5-8-21(23)25/h3-9,15,17H,2,10-14,16H2,1H3. The number of halogens is 2. The molecule has 1 aromatic heterocycles. The molecule has 0 aliphatic carbocycles. The third-order valence-electron chi connectivity index (χ3n) is 5.72. The number of aryl methyl sites for hydroxylation is 1. The zero-order chi connectivity index (χ0) is 18.8. The van der Waals surface area contributed by atoms with Crippen molar-refractivity contribution in [2.24, 2.45) is 0 Å². The summed E-state index contributed by atoms with van der Waals surface area (Å²) in [6.07, 6.45) is 3.37. The zero-order valence-electron chi connectivity index (χ0n) is 15.8. The Labute approximate surface area is 171 Å². The second-order valence-corrected chi connectivity index (χ2v) is 8.35. The maximum absolute atomic E-state index is 6.43. The second-order valence-electron chi connectivity index (χ2n) is 7.53. The van der Waals surface area contributed by atoms with Gasteiger partial charge in [0.1, 0.15) is 0 Å². The first-order chi connectivity index (χ1) is 13.2. The third kappa shape index (κ3) is 3.89. The molecule has 0 unspecified atom stereocenters. The van der Waals surface area contributed by atoms with Crippen LogP contribution in [-0.2, 0) is 13.1 Å². The van der Waals surface area contributed by atoms with Crippen molar-refractivity contribution in [1.82, 2.24) is 9.47 Å². The second kappa shape index (κ2) is 8.26. The Morgan fingerprint density at radius 1 is 0.963 bits per heavy atom. The summed E-state index contributed by atoms with van der Waals surface area (Å²) in [7, 11) is 0. The predicted molar refractivity (Wildman–Crippen MR) is 116 cm³/mol. The summed E-state index contributed by atoms with van der Waals surface area (Å²) in [5, 5.41) is 2.96. The topological polar surface area (TPSA) is 8.17 Å². The molecule has 1 saturated heterocycles. The maximum atomic E-state index is 6.43. The highest BCUT2D eigenvalue weighted by Gasteiger charge is 2.24. The molecule has 4 rings (SSSR count). The molecule has 142 valence electrons. The summed E-state index contributed by atoms with van der Waals surface area (Å²) < 4.78 is 2.49. The highest BCUT2D eigenvalue weighted by molar-refractivity contribution is 6.36. The number of nitrogens with zero attached hydrogens (tertiary/aromatic N) is 2. The summed E-state index contributed by atoms with van der Waals surface area (Å²) in [5.74, 6) is 0.462. The number of para-hydroxylation sites is 1. The molecule has 2 aromatic carbocycles. The lowest BCUT2D eigenvalue weighted by Gasteiger charge is -2.33. The van der Waals surface area contributed by atoms with Crippen molar-refractivity contribution in [3.05, 3.63) is 69.8 Å². The Bertz CT molecular complexity index is 903. The molecule has 1 aliphatic heterocycles. The van der Waals surface area contributed by atoms with Gasteiger partial charge in [-0.05, 0) is 73.5 Å². The van der Waals surface area contributed by atoms with Crippen LogP contribution in [0.1, 0.15) is 43.4 Å². The summed E-state index contributed by atoms with van der Waals surface area (Å²) in [6, 6.07) is 16.9. The summed E-state index contributed by atoms with van der Waals surface area (Å²) >= 11 is 12.9. The van der Waals surface area contributed by atoms with Crippen LogP contribution in [-0.4, -0.2) is 22.6 Å².